The minimum absolute atomic E-state index is 0.212. The van der Waals surface area contributed by atoms with Crippen molar-refractivity contribution in [3.8, 4) is 0 Å². The normalized spacial score (nSPS) is 16.5. The summed E-state index contributed by atoms with van der Waals surface area (Å²) in [5.74, 6) is 0.116. The number of aromatic nitrogens is 1. The highest BCUT2D eigenvalue weighted by Crippen LogP contribution is 2.35. The van der Waals surface area contributed by atoms with E-state index in [9.17, 15) is 4.79 Å². The van der Waals surface area contributed by atoms with Crippen molar-refractivity contribution in [2.24, 2.45) is 5.10 Å². The van der Waals surface area contributed by atoms with Crippen LogP contribution in [0.5, 0.6) is 0 Å². The topological polar surface area (TPSA) is 54.8 Å². The summed E-state index contributed by atoms with van der Waals surface area (Å²) in [6, 6.07) is 17.0. The number of fused-ring (bicyclic) bond motifs is 1. The van der Waals surface area contributed by atoms with Gasteiger partial charge in [-0.25, -0.2) is 0 Å². The van der Waals surface area contributed by atoms with E-state index in [1.165, 1.54) is 11.9 Å². The summed E-state index contributed by atoms with van der Waals surface area (Å²) in [6.07, 6.45) is -0.662. The Kier molecular flexibility index (Phi) is 4.09. The summed E-state index contributed by atoms with van der Waals surface area (Å²) >= 11 is 6.27. The number of hydrazone groups is 1. The van der Waals surface area contributed by atoms with E-state index < -0.39 is 6.23 Å². The van der Waals surface area contributed by atoms with E-state index in [2.05, 4.69) is 10.1 Å². The molecule has 130 valence electrons. The van der Waals surface area contributed by atoms with Gasteiger partial charge in [-0.3, -0.25) is 9.78 Å². The van der Waals surface area contributed by atoms with Crippen molar-refractivity contribution in [2.75, 3.05) is 0 Å². The summed E-state index contributed by atoms with van der Waals surface area (Å²) in [5.41, 5.74) is 3.19. The van der Waals surface area contributed by atoms with Gasteiger partial charge in [0.15, 0.2) is 0 Å². The van der Waals surface area contributed by atoms with E-state index in [1.807, 2.05) is 55.5 Å². The molecule has 1 amide bonds. The smallest absolute Gasteiger partial charge is 0.243 e. The second-order valence-electron chi connectivity index (χ2n) is 6.09. The first-order valence-corrected chi connectivity index (χ1v) is 8.58. The Morgan fingerprint density at radius 3 is 2.65 bits per heavy atom. The predicted octanol–water partition coefficient (Wildman–Crippen LogP) is 4.44. The minimum Gasteiger partial charge on any atom is -0.446 e. The first kappa shape index (κ1) is 16.5. The van der Waals surface area contributed by atoms with Gasteiger partial charge >= 0.3 is 0 Å². The molecule has 2 aromatic carbocycles. The number of rotatable bonds is 2. The van der Waals surface area contributed by atoms with Gasteiger partial charge in [-0.05, 0) is 31.2 Å². The highest BCUT2D eigenvalue weighted by atomic mass is 35.5. The van der Waals surface area contributed by atoms with E-state index in [1.54, 1.807) is 6.07 Å². The Morgan fingerprint density at radius 2 is 1.88 bits per heavy atom. The molecule has 1 aliphatic heterocycles. The van der Waals surface area contributed by atoms with Crippen LogP contribution in [0.4, 0.5) is 0 Å². The second-order valence-corrected chi connectivity index (χ2v) is 6.50. The number of halogens is 1. The van der Waals surface area contributed by atoms with Crippen LogP contribution in [-0.2, 0) is 9.53 Å². The molecule has 4 rings (SSSR count). The number of para-hydroxylation sites is 1. The van der Waals surface area contributed by atoms with Gasteiger partial charge in [0.2, 0.25) is 18.0 Å². The van der Waals surface area contributed by atoms with Crippen LogP contribution in [0.3, 0.4) is 0 Å². The van der Waals surface area contributed by atoms with Crippen LogP contribution >= 0.6 is 11.6 Å². The molecule has 0 saturated heterocycles. The Labute approximate surface area is 155 Å². The maximum Gasteiger partial charge on any atom is 0.243 e. The van der Waals surface area contributed by atoms with Gasteiger partial charge in [-0.1, -0.05) is 41.9 Å². The van der Waals surface area contributed by atoms with Gasteiger partial charge < -0.3 is 4.74 Å². The monoisotopic (exact) mass is 365 g/mol. The molecule has 0 bridgehead atoms. The summed E-state index contributed by atoms with van der Waals surface area (Å²) in [4.78, 5) is 16.8. The van der Waals surface area contributed by atoms with Crippen LogP contribution in [0.15, 0.2) is 59.7 Å². The van der Waals surface area contributed by atoms with Crippen molar-refractivity contribution in [3.05, 3.63) is 76.4 Å². The van der Waals surface area contributed by atoms with Gasteiger partial charge in [0.25, 0.3) is 0 Å². The lowest BCUT2D eigenvalue weighted by Gasteiger charge is -2.21. The molecule has 0 N–H and O–H groups in total. The minimum atomic E-state index is -0.662. The number of pyridine rings is 1. The molecule has 0 fully saturated rings. The third kappa shape index (κ3) is 2.80. The first-order chi connectivity index (χ1) is 12.5. The highest BCUT2D eigenvalue weighted by molar-refractivity contribution is 6.33. The molecule has 6 heteroatoms. The van der Waals surface area contributed by atoms with Crippen LogP contribution < -0.4 is 0 Å². The quantitative estimate of drug-likeness (QED) is 0.674. The second kappa shape index (κ2) is 6.42. The third-order valence-electron chi connectivity index (χ3n) is 4.21. The molecule has 0 saturated carbocycles. The van der Waals surface area contributed by atoms with Crippen molar-refractivity contribution in [1.29, 1.82) is 0 Å². The number of aryl methyl sites for hydroxylation is 1. The van der Waals surface area contributed by atoms with E-state index in [0.29, 0.717) is 16.5 Å². The van der Waals surface area contributed by atoms with E-state index >= 15 is 0 Å². The summed E-state index contributed by atoms with van der Waals surface area (Å²) < 4.78 is 6.09. The lowest BCUT2D eigenvalue weighted by Crippen LogP contribution is -2.25. The van der Waals surface area contributed by atoms with Crippen LogP contribution in [-0.4, -0.2) is 21.8 Å². The Hall–Kier alpha value is -2.92. The fraction of sp³-hybridized carbons (Fsp3) is 0.150. The molecule has 0 unspecified atom stereocenters. The molecule has 3 aromatic rings. The Morgan fingerprint density at radius 1 is 1.15 bits per heavy atom. The predicted molar refractivity (Wildman–Crippen MR) is 101 cm³/mol. The first-order valence-electron chi connectivity index (χ1n) is 8.21. The number of amides is 1. The lowest BCUT2D eigenvalue weighted by molar-refractivity contribution is -0.135. The van der Waals surface area contributed by atoms with Crippen LogP contribution in [0.25, 0.3) is 10.9 Å². The average Bonchev–Trinajstić information content (AvgIpc) is 3.06. The highest BCUT2D eigenvalue weighted by Gasteiger charge is 2.35. The summed E-state index contributed by atoms with van der Waals surface area (Å²) in [6.45, 7) is 3.38. The maximum atomic E-state index is 12.2. The van der Waals surface area contributed by atoms with E-state index in [4.69, 9.17) is 16.3 Å². The number of ether oxygens (including phenoxy) is 1. The van der Waals surface area contributed by atoms with Crippen molar-refractivity contribution in [2.45, 2.75) is 20.1 Å². The van der Waals surface area contributed by atoms with Crippen LogP contribution in [0.2, 0.25) is 5.02 Å². The molecule has 1 aliphatic rings. The molecule has 0 radical (unpaired) electrons. The van der Waals surface area contributed by atoms with Gasteiger partial charge in [-0.15, -0.1) is 5.10 Å². The molecule has 26 heavy (non-hydrogen) atoms. The number of carbonyl (C=O) groups excluding carboxylic acids is 1. The zero-order chi connectivity index (χ0) is 18.3. The Bertz CT molecular complexity index is 1050. The van der Waals surface area contributed by atoms with Gasteiger partial charge in [0.05, 0.1) is 16.1 Å². The number of benzene rings is 2. The number of nitrogens with zero attached hydrogens (tertiary/aromatic N) is 3. The van der Waals surface area contributed by atoms with Crippen LogP contribution in [0.1, 0.15) is 30.0 Å². The standard InChI is InChI=1S/C20H16ClN3O2/c1-12-11-16(14-7-4-6-10-18(14)22-12)20-24(13(2)25)23-19(26-20)15-8-3-5-9-17(15)21/h3-11,20H,1-2H3/t20-/m0/s1. The molecule has 1 atom stereocenters. The van der Waals surface area contributed by atoms with Gasteiger partial charge in [0.1, 0.15) is 0 Å². The third-order valence-corrected chi connectivity index (χ3v) is 4.54. The number of hydrogen-bond acceptors (Lipinski definition) is 4. The molecule has 0 spiro atoms. The van der Waals surface area contributed by atoms with Gasteiger partial charge in [0, 0.05) is 23.6 Å². The average molecular weight is 366 g/mol. The fourth-order valence-electron chi connectivity index (χ4n) is 3.06. The number of hydrogen-bond donors (Lipinski definition) is 0. The van der Waals surface area contributed by atoms with Crippen molar-refractivity contribution < 1.29 is 9.53 Å². The molecule has 2 heterocycles. The zero-order valence-corrected chi connectivity index (χ0v) is 15.1. The van der Waals surface area contributed by atoms with E-state index in [0.717, 1.165) is 22.2 Å². The SMILES string of the molecule is CC(=O)N1N=C(c2ccccc2Cl)O[C@H]1c1cc(C)nc2ccccc12. The number of carbonyl (C=O) groups is 1. The molecular weight excluding hydrogens is 350 g/mol. The molecule has 0 aliphatic carbocycles. The largest absolute Gasteiger partial charge is 0.446 e. The van der Waals surface area contributed by atoms with Crippen molar-refractivity contribution in [1.82, 2.24) is 9.99 Å². The summed E-state index contributed by atoms with van der Waals surface area (Å²) in [7, 11) is 0. The van der Waals surface area contributed by atoms with Crippen LogP contribution in [0, 0.1) is 6.92 Å². The molecule has 5 nitrogen and oxygen atoms in total. The lowest BCUT2D eigenvalue weighted by atomic mass is 10.1. The zero-order valence-electron chi connectivity index (χ0n) is 14.3. The molecule has 1 aromatic heterocycles. The van der Waals surface area contributed by atoms with Gasteiger partial charge in [-0.2, -0.15) is 5.01 Å². The Balaban J connectivity index is 1.83. The summed E-state index contributed by atoms with van der Waals surface area (Å²) in [5, 5.41) is 7.17. The van der Waals surface area contributed by atoms with E-state index in [-0.39, 0.29) is 5.91 Å². The fourth-order valence-corrected chi connectivity index (χ4v) is 3.27. The maximum absolute atomic E-state index is 12.2. The van der Waals surface area contributed by atoms with Crippen molar-refractivity contribution >= 4 is 34.3 Å². The van der Waals surface area contributed by atoms with Crippen molar-refractivity contribution in [3.63, 3.8) is 0 Å². The molecular formula is C20H16ClN3O2.